The molecule has 0 bridgehead atoms. The average molecular weight is 378 g/mol. The van der Waals surface area contributed by atoms with Crippen molar-refractivity contribution >= 4 is 29.1 Å². The molecule has 1 N–H and O–H groups in total. The lowest BCUT2D eigenvalue weighted by Gasteiger charge is -2.13. The summed E-state index contributed by atoms with van der Waals surface area (Å²) >= 11 is 5.94. The summed E-state index contributed by atoms with van der Waals surface area (Å²) in [6, 6.07) is 6.72. The van der Waals surface area contributed by atoms with E-state index in [0.29, 0.717) is 27.6 Å². The van der Waals surface area contributed by atoms with E-state index >= 15 is 0 Å². The van der Waals surface area contributed by atoms with Crippen LogP contribution in [0.5, 0.6) is 5.75 Å². The number of ketones is 2. The van der Waals surface area contributed by atoms with Gasteiger partial charge in [-0.3, -0.25) is 9.59 Å². The first-order chi connectivity index (χ1) is 12.2. The largest absolute Gasteiger partial charge is 0.480 e. The maximum absolute atomic E-state index is 12.5. The number of carbonyl (C=O) groups is 3. The van der Waals surface area contributed by atoms with Gasteiger partial charge in [0.05, 0.1) is 10.7 Å². The molecular weight excluding hydrogens is 358 g/mol. The number of halogens is 1. The standard InChI is InChI=1S/C19H20ClNO5/c1-10-17(12(3)22)11(2)21-18(10)19(24)13(4)26-16(23)9-25-15-8-6-5-7-14(15)20/h5-8,13,21H,9H2,1-4H3/t13-/m0/s1. The molecule has 0 aliphatic carbocycles. The van der Waals surface area contributed by atoms with E-state index in [4.69, 9.17) is 21.1 Å². The van der Waals surface area contributed by atoms with Gasteiger partial charge in [0.15, 0.2) is 18.5 Å². The Kier molecular flexibility index (Phi) is 6.21. The molecule has 1 aromatic carbocycles. The molecule has 1 heterocycles. The van der Waals surface area contributed by atoms with Crippen LogP contribution < -0.4 is 4.74 Å². The molecule has 7 heteroatoms. The second-order valence-corrected chi connectivity index (χ2v) is 6.30. The van der Waals surface area contributed by atoms with Crippen molar-refractivity contribution < 1.29 is 23.9 Å². The van der Waals surface area contributed by atoms with E-state index in [2.05, 4.69) is 4.98 Å². The number of hydrogen-bond donors (Lipinski definition) is 1. The molecule has 0 fully saturated rings. The van der Waals surface area contributed by atoms with Crippen LogP contribution in [0.25, 0.3) is 0 Å². The molecule has 2 aromatic rings. The summed E-state index contributed by atoms with van der Waals surface area (Å²) in [5.74, 6) is -0.886. The first-order valence-electron chi connectivity index (χ1n) is 8.03. The third kappa shape index (κ3) is 4.32. The Bertz CT molecular complexity index is 856. The molecule has 0 aliphatic heterocycles. The molecule has 0 radical (unpaired) electrons. The molecule has 0 saturated heterocycles. The minimum atomic E-state index is -1.02. The van der Waals surface area contributed by atoms with Gasteiger partial charge in [0, 0.05) is 11.3 Å². The molecule has 138 valence electrons. The summed E-state index contributed by atoms with van der Waals surface area (Å²) in [6.45, 7) is 5.94. The number of esters is 1. The highest BCUT2D eigenvalue weighted by Gasteiger charge is 2.26. The van der Waals surface area contributed by atoms with Crippen molar-refractivity contribution in [3.8, 4) is 5.75 Å². The molecule has 2 rings (SSSR count). The zero-order valence-electron chi connectivity index (χ0n) is 15.0. The van der Waals surface area contributed by atoms with Gasteiger partial charge in [-0.15, -0.1) is 0 Å². The Morgan fingerprint density at radius 2 is 1.85 bits per heavy atom. The van der Waals surface area contributed by atoms with Gasteiger partial charge in [0.2, 0.25) is 5.78 Å². The third-order valence-electron chi connectivity index (χ3n) is 3.90. The number of aryl methyl sites for hydroxylation is 1. The van der Waals surface area contributed by atoms with Gasteiger partial charge in [-0.05, 0) is 45.4 Å². The monoisotopic (exact) mass is 377 g/mol. The van der Waals surface area contributed by atoms with Crippen LogP contribution in [0, 0.1) is 13.8 Å². The van der Waals surface area contributed by atoms with Crippen LogP contribution in [-0.4, -0.2) is 35.2 Å². The fourth-order valence-corrected chi connectivity index (χ4v) is 2.90. The number of Topliss-reactive ketones (excluding diaryl/α,β-unsaturated/α-hetero) is 2. The van der Waals surface area contributed by atoms with E-state index in [1.54, 1.807) is 38.1 Å². The lowest BCUT2D eigenvalue weighted by molar-refractivity contribution is -0.148. The number of H-pyrrole nitrogens is 1. The minimum absolute atomic E-state index is 0.131. The molecule has 0 spiro atoms. The van der Waals surface area contributed by atoms with Gasteiger partial charge >= 0.3 is 5.97 Å². The number of aromatic nitrogens is 1. The van der Waals surface area contributed by atoms with Crippen LogP contribution in [0.3, 0.4) is 0 Å². The Morgan fingerprint density at radius 1 is 1.19 bits per heavy atom. The van der Waals surface area contributed by atoms with E-state index in [1.807, 2.05) is 0 Å². The summed E-state index contributed by atoms with van der Waals surface area (Å²) < 4.78 is 10.4. The second-order valence-electron chi connectivity index (χ2n) is 5.90. The molecule has 0 amide bonds. The van der Waals surface area contributed by atoms with E-state index in [0.717, 1.165) is 0 Å². The molecule has 0 saturated carbocycles. The molecule has 1 aromatic heterocycles. The highest BCUT2D eigenvalue weighted by atomic mass is 35.5. The Balaban J connectivity index is 2.01. The van der Waals surface area contributed by atoms with Gasteiger partial charge in [-0.1, -0.05) is 23.7 Å². The van der Waals surface area contributed by atoms with Crippen molar-refractivity contribution in [2.45, 2.75) is 33.8 Å². The van der Waals surface area contributed by atoms with Gasteiger partial charge in [0.25, 0.3) is 0 Å². The first kappa shape index (κ1) is 19.7. The third-order valence-corrected chi connectivity index (χ3v) is 4.21. The van der Waals surface area contributed by atoms with Crippen molar-refractivity contribution in [3.05, 3.63) is 51.8 Å². The highest BCUT2D eigenvalue weighted by molar-refractivity contribution is 6.32. The maximum Gasteiger partial charge on any atom is 0.344 e. The smallest absolute Gasteiger partial charge is 0.344 e. The zero-order chi connectivity index (χ0) is 19.4. The molecule has 0 unspecified atom stereocenters. The predicted molar refractivity (Wildman–Crippen MR) is 97.1 cm³/mol. The van der Waals surface area contributed by atoms with Crippen LogP contribution in [0.4, 0.5) is 0 Å². The number of benzene rings is 1. The summed E-state index contributed by atoms with van der Waals surface area (Å²) in [5.41, 5.74) is 1.91. The van der Waals surface area contributed by atoms with Crippen molar-refractivity contribution in [2.24, 2.45) is 0 Å². The van der Waals surface area contributed by atoms with Gasteiger partial charge in [-0.25, -0.2) is 4.79 Å². The van der Waals surface area contributed by atoms with Crippen LogP contribution in [-0.2, 0) is 9.53 Å². The second kappa shape index (κ2) is 8.19. The lowest BCUT2D eigenvalue weighted by Crippen LogP contribution is -2.28. The van der Waals surface area contributed by atoms with Crippen molar-refractivity contribution in [1.29, 1.82) is 0 Å². The van der Waals surface area contributed by atoms with Crippen molar-refractivity contribution in [3.63, 3.8) is 0 Å². The van der Waals surface area contributed by atoms with Crippen LogP contribution in [0.1, 0.15) is 46.0 Å². The number of aromatic amines is 1. The zero-order valence-corrected chi connectivity index (χ0v) is 15.8. The topological polar surface area (TPSA) is 85.5 Å². The number of para-hydroxylation sites is 1. The summed E-state index contributed by atoms with van der Waals surface area (Å²) in [5, 5.41) is 0.374. The highest BCUT2D eigenvalue weighted by Crippen LogP contribution is 2.23. The SMILES string of the molecule is CC(=O)c1c(C)[nH]c(C(=O)[C@H](C)OC(=O)COc2ccccc2Cl)c1C. The predicted octanol–water partition coefficient (Wildman–Crippen LogP) is 3.68. The van der Waals surface area contributed by atoms with Crippen LogP contribution in [0.2, 0.25) is 5.02 Å². The Morgan fingerprint density at radius 3 is 2.42 bits per heavy atom. The van der Waals surface area contributed by atoms with Crippen LogP contribution >= 0.6 is 11.6 Å². The summed E-state index contributed by atoms with van der Waals surface area (Å²) in [7, 11) is 0. The fraction of sp³-hybridized carbons (Fsp3) is 0.316. The quantitative estimate of drug-likeness (QED) is 0.587. The van der Waals surface area contributed by atoms with E-state index in [9.17, 15) is 14.4 Å². The number of ether oxygens (including phenoxy) is 2. The summed E-state index contributed by atoms with van der Waals surface area (Å²) in [4.78, 5) is 39.0. The van der Waals surface area contributed by atoms with E-state index in [-0.39, 0.29) is 18.1 Å². The summed E-state index contributed by atoms with van der Waals surface area (Å²) in [6.07, 6.45) is -1.02. The molecule has 0 aliphatic rings. The first-order valence-corrected chi connectivity index (χ1v) is 8.41. The normalized spacial score (nSPS) is 11.7. The number of rotatable bonds is 7. The Labute approximate surface area is 156 Å². The van der Waals surface area contributed by atoms with Gasteiger partial charge in [-0.2, -0.15) is 0 Å². The molecule has 6 nitrogen and oxygen atoms in total. The molecular formula is C19H20ClNO5. The number of hydrogen-bond acceptors (Lipinski definition) is 5. The fourth-order valence-electron chi connectivity index (χ4n) is 2.71. The van der Waals surface area contributed by atoms with E-state index in [1.165, 1.54) is 13.8 Å². The average Bonchev–Trinajstić information content (AvgIpc) is 2.87. The maximum atomic E-state index is 12.5. The van der Waals surface area contributed by atoms with Crippen molar-refractivity contribution in [1.82, 2.24) is 4.98 Å². The molecule has 1 atom stereocenters. The van der Waals surface area contributed by atoms with Gasteiger partial charge < -0.3 is 14.5 Å². The van der Waals surface area contributed by atoms with E-state index < -0.39 is 17.9 Å². The van der Waals surface area contributed by atoms with Crippen molar-refractivity contribution in [2.75, 3.05) is 6.61 Å². The number of nitrogens with one attached hydrogen (secondary N) is 1. The van der Waals surface area contributed by atoms with Crippen LogP contribution in [0.15, 0.2) is 24.3 Å². The minimum Gasteiger partial charge on any atom is -0.480 e. The Hall–Kier alpha value is -2.60. The lowest BCUT2D eigenvalue weighted by atomic mass is 10.0. The number of carbonyl (C=O) groups excluding carboxylic acids is 3. The molecule has 26 heavy (non-hydrogen) atoms. The van der Waals surface area contributed by atoms with Gasteiger partial charge in [0.1, 0.15) is 5.75 Å².